The quantitative estimate of drug-likeness (QED) is 0.691. The molecule has 1 unspecified atom stereocenters. The van der Waals surface area contributed by atoms with Crippen LogP contribution < -0.4 is 0 Å². The first-order chi connectivity index (χ1) is 7.31. The van der Waals surface area contributed by atoms with Gasteiger partial charge in [-0.05, 0) is 42.4 Å². The molecule has 1 aliphatic rings. The number of rotatable bonds is 4. The molecule has 0 aromatic heterocycles. The van der Waals surface area contributed by atoms with Gasteiger partial charge in [-0.25, -0.2) is 4.39 Å². The molecule has 80 valence electrons. The normalized spacial score (nSPS) is 18.2. The Labute approximate surface area is 89.3 Å². The van der Waals surface area contributed by atoms with Crippen molar-refractivity contribution in [3.05, 3.63) is 35.6 Å². The van der Waals surface area contributed by atoms with Gasteiger partial charge in [0.1, 0.15) is 12.1 Å². The molecule has 0 bridgehead atoms. The standard InChI is InChI=1S/C13H15FO/c14-12-6-2-5-11(9-12)13(7-8-15)10-3-1-4-10/h2,5-6,8-10,13H,1,3-4,7H2. The van der Waals surface area contributed by atoms with Crippen LogP contribution in [0.5, 0.6) is 0 Å². The van der Waals surface area contributed by atoms with Crippen molar-refractivity contribution < 1.29 is 9.18 Å². The van der Waals surface area contributed by atoms with Crippen molar-refractivity contribution >= 4 is 6.29 Å². The fourth-order valence-electron chi connectivity index (χ4n) is 2.28. The van der Waals surface area contributed by atoms with Crippen LogP contribution in [0.25, 0.3) is 0 Å². The van der Waals surface area contributed by atoms with E-state index < -0.39 is 0 Å². The number of hydrogen-bond donors (Lipinski definition) is 0. The zero-order valence-corrected chi connectivity index (χ0v) is 8.66. The second kappa shape index (κ2) is 4.56. The highest BCUT2D eigenvalue weighted by molar-refractivity contribution is 5.52. The lowest BCUT2D eigenvalue weighted by Gasteiger charge is -2.33. The van der Waals surface area contributed by atoms with E-state index in [2.05, 4.69) is 0 Å². The van der Waals surface area contributed by atoms with E-state index in [1.807, 2.05) is 6.07 Å². The van der Waals surface area contributed by atoms with Crippen LogP contribution in [0.2, 0.25) is 0 Å². The Bertz CT molecular complexity index is 344. The summed E-state index contributed by atoms with van der Waals surface area (Å²) in [6, 6.07) is 6.66. The van der Waals surface area contributed by atoms with Gasteiger partial charge in [0.25, 0.3) is 0 Å². The lowest BCUT2D eigenvalue weighted by Crippen LogP contribution is -2.20. The Morgan fingerprint density at radius 3 is 2.80 bits per heavy atom. The van der Waals surface area contributed by atoms with E-state index in [1.165, 1.54) is 25.3 Å². The van der Waals surface area contributed by atoms with Crippen molar-refractivity contribution in [2.75, 3.05) is 0 Å². The molecular formula is C13H15FO. The molecule has 2 heteroatoms. The highest BCUT2D eigenvalue weighted by atomic mass is 19.1. The first-order valence-electron chi connectivity index (χ1n) is 5.50. The van der Waals surface area contributed by atoms with Gasteiger partial charge in [0, 0.05) is 6.42 Å². The Hall–Kier alpha value is -1.18. The first-order valence-corrected chi connectivity index (χ1v) is 5.50. The van der Waals surface area contributed by atoms with Gasteiger partial charge in [-0.2, -0.15) is 0 Å². The highest BCUT2D eigenvalue weighted by Gasteiger charge is 2.28. The van der Waals surface area contributed by atoms with Crippen LogP contribution in [0.1, 0.15) is 37.2 Å². The summed E-state index contributed by atoms with van der Waals surface area (Å²) in [4.78, 5) is 10.6. The predicted octanol–water partition coefficient (Wildman–Crippen LogP) is 3.30. The highest BCUT2D eigenvalue weighted by Crippen LogP contribution is 2.40. The maximum Gasteiger partial charge on any atom is 0.123 e. The summed E-state index contributed by atoms with van der Waals surface area (Å²) in [7, 11) is 0. The Kier molecular flexibility index (Phi) is 3.14. The van der Waals surface area contributed by atoms with Crippen molar-refractivity contribution in [3.63, 3.8) is 0 Å². The lowest BCUT2D eigenvalue weighted by molar-refractivity contribution is -0.108. The zero-order chi connectivity index (χ0) is 10.7. The van der Waals surface area contributed by atoms with E-state index in [0.717, 1.165) is 11.8 Å². The molecule has 0 amide bonds. The van der Waals surface area contributed by atoms with Crippen molar-refractivity contribution in [3.8, 4) is 0 Å². The van der Waals surface area contributed by atoms with Gasteiger partial charge in [0.15, 0.2) is 0 Å². The second-order valence-electron chi connectivity index (χ2n) is 4.25. The third-order valence-electron chi connectivity index (χ3n) is 3.35. The minimum Gasteiger partial charge on any atom is -0.303 e. The number of halogens is 1. The first kappa shape index (κ1) is 10.3. The number of benzene rings is 1. The lowest BCUT2D eigenvalue weighted by atomic mass is 9.72. The van der Waals surface area contributed by atoms with E-state index in [4.69, 9.17) is 0 Å². The summed E-state index contributed by atoms with van der Waals surface area (Å²) in [6.45, 7) is 0. The topological polar surface area (TPSA) is 17.1 Å². The zero-order valence-electron chi connectivity index (χ0n) is 8.66. The average Bonchev–Trinajstić information content (AvgIpc) is 2.14. The third-order valence-corrected chi connectivity index (χ3v) is 3.35. The molecule has 1 saturated carbocycles. The molecule has 1 aromatic rings. The summed E-state index contributed by atoms with van der Waals surface area (Å²) < 4.78 is 13.1. The average molecular weight is 206 g/mol. The molecule has 15 heavy (non-hydrogen) atoms. The van der Waals surface area contributed by atoms with Gasteiger partial charge in [-0.15, -0.1) is 0 Å². The van der Waals surface area contributed by atoms with Gasteiger partial charge in [0.2, 0.25) is 0 Å². The maximum atomic E-state index is 13.1. The Balaban J connectivity index is 2.19. The molecular weight excluding hydrogens is 191 g/mol. The molecule has 0 N–H and O–H groups in total. The molecule has 1 aromatic carbocycles. The molecule has 0 spiro atoms. The molecule has 0 saturated heterocycles. The smallest absolute Gasteiger partial charge is 0.123 e. The van der Waals surface area contributed by atoms with Crippen LogP contribution in [0.3, 0.4) is 0 Å². The van der Waals surface area contributed by atoms with E-state index in [0.29, 0.717) is 12.3 Å². The molecule has 2 rings (SSSR count). The van der Waals surface area contributed by atoms with Crippen LogP contribution in [0.15, 0.2) is 24.3 Å². The molecule has 1 nitrogen and oxygen atoms in total. The fraction of sp³-hybridized carbons (Fsp3) is 0.462. The number of hydrogen-bond acceptors (Lipinski definition) is 1. The van der Waals surface area contributed by atoms with Crippen LogP contribution in [0, 0.1) is 11.7 Å². The van der Waals surface area contributed by atoms with Gasteiger partial charge in [-0.1, -0.05) is 18.6 Å². The van der Waals surface area contributed by atoms with Crippen LogP contribution in [-0.4, -0.2) is 6.29 Å². The number of aldehydes is 1. The number of carbonyl (C=O) groups is 1. The SMILES string of the molecule is O=CCC(c1cccc(F)c1)C1CCC1. The summed E-state index contributed by atoms with van der Waals surface area (Å²) in [5.41, 5.74) is 0.979. The molecule has 1 aliphatic carbocycles. The minimum absolute atomic E-state index is 0.206. The van der Waals surface area contributed by atoms with Crippen molar-refractivity contribution in [1.82, 2.24) is 0 Å². The largest absolute Gasteiger partial charge is 0.303 e. The fourth-order valence-corrected chi connectivity index (χ4v) is 2.28. The van der Waals surface area contributed by atoms with Gasteiger partial charge < -0.3 is 4.79 Å². The van der Waals surface area contributed by atoms with Gasteiger partial charge in [-0.3, -0.25) is 0 Å². The van der Waals surface area contributed by atoms with Crippen LogP contribution in [0.4, 0.5) is 4.39 Å². The molecule has 0 heterocycles. The minimum atomic E-state index is -0.206. The third kappa shape index (κ3) is 2.25. The predicted molar refractivity (Wildman–Crippen MR) is 57.2 cm³/mol. The molecule has 0 radical (unpaired) electrons. The number of carbonyl (C=O) groups excluding carboxylic acids is 1. The molecule has 1 fully saturated rings. The summed E-state index contributed by atoms with van der Waals surface area (Å²) in [6.07, 6.45) is 5.07. The summed E-state index contributed by atoms with van der Waals surface area (Å²) in [5.74, 6) is 0.603. The van der Waals surface area contributed by atoms with E-state index in [1.54, 1.807) is 12.1 Å². The van der Waals surface area contributed by atoms with Crippen molar-refractivity contribution in [2.24, 2.45) is 5.92 Å². The van der Waals surface area contributed by atoms with Crippen LogP contribution in [-0.2, 0) is 4.79 Å². The van der Waals surface area contributed by atoms with E-state index >= 15 is 0 Å². The van der Waals surface area contributed by atoms with Crippen molar-refractivity contribution in [1.29, 1.82) is 0 Å². The van der Waals surface area contributed by atoms with Crippen molar-refractivity contribution in [2.45, 2.75) is 31.6 Å². The van der Waals surface area contributed by atoms with E-state index in [-0.39, 0.29) is 11.7 Å². The Morgan fingerprint density at radius 1 is 1.47 bits per heavy atom. The maximum absolute atomic E-state index is 13.1. The summed E-state index contributed by atoms with van der Waals surface area (Å²) in [5, 5.41) is 0. The van der Waals surface area contributed by atoms with E-state index in [9.17, 15) is 9.18 Å². The van der Waals surface area contributed by atoms with Crippen LogP contribution >= 0.6 is 0 Å². The Morgan fingerprint density at radius 2 is 2.27 bits per heavy atom. The molecule has 1 atom stereocenters. The van der Waals surface area contributed by atoms with Gasteiger partial charge in [0.05, 0.1) is 0 Å². The molecule has 0 aliphatic heterocycles. The monoisotopic (exact) mass is 206 g/mol. The summed E-state index contributed by atoms with van der Waals surface area (Å²) >= 11 is 0. The second-order valence-corrected chi connectivity index (χ2v) is 4.25. The van der Waals surface area contributed by atoms with Gasteiger partial charge >= 0.3 is 0 Å².